The summed E-state index contributed by atoms with van der Waals surface area (Å²) in [5.41, 5.74) is 2.55. The van der Waals surface area contributed by atoms with Crippen LogP contribution in [0.5, 0.6) is 0 Å². The van der Waals surface area contributed by atoms with E-state index in [1.807, 2.05) is 0 Å². The molecule has 1 rings (SSSR count). The minimum absolute atomic E-state index is 1.12. The molecule has 0 saturated carbocycles. The van der Waals surface area contributed by atoms with Crippen molar-refractivity contribution < 1.29 is 0 Å². The van der Waals surface area contributed by atoms with Crippen LogP contribution in [-0.4, -0.2) is 0 Å². The lowest BCUT2D eigenvalue weighted by atomic mass is 10.0. The predicted molar refractivity (Wildman–Crippen MR) is 50.4 cm³/mol. The Hall–Kier alpha value is -1.04. The quantitative estimate of drug-likeness (QED) is 0.532. The van der Waals surface area contributed by atoms with Crippen LogP contribution >= 0.6 is 0 Å². The van der Waals surface area contributed by atoms with Crippen molar-refractivity contribution >= 4 is 0 Å². The summed E-state index contributed by atoms with van der Waals surface area (Å²) in [6.45, 7) is 5.99. The van der Waals surface area contributed by atoms with Gasteiger partial charge in [0.25, 0.3) is 0 Å². The van der Waals surface area contributed by atoms with Crippen LogP contribution < -0.4 is 0 Å². The fourth-order valence-corrected chi connectivity index (χ4v) is 1.09. The predicted octanol–water partition coefficient (Wildman–Crippen LogP) is 3.40. The van der Waals surface area contributed by atoms with Crippen LogP contribution in [0.4, 0.5) is 0 Å². The largest absolute Gasteiger partial charge is 0.0958 e. The van der Waals surface area contributed by atoms with E-state index >= 15 is 0 Å². The van der Waals surface area contributed by atoms with E-state index in [-0.39, 0.29) is 0 Å². The smallest absolute Gasteiger partial charge is 0.0242 e. The number of allylic oxidation sites excluding steroid dienone is 7. The lowest BCUT2D eigenvalue weighted by molar-refractivity contribution is 0.984. The molecule has 0 heterocycles. The molecule has 0 radical (unpaired) electrons. The molecular formula is C11H14. The first-order valence-electron chi connectivity index (χ1n) is 3.99. The van der Waals surface area contributed by atoms with Crippen LogP contribution in [-0.2, 0) is 0 Å². The Kier molecular flexibility index (Phi) is 2.91. The molecule has 0 heteroatoms. The number of rotatable bonds is 1. The lowest BCUT2D eigenvalue weighted by Crippen LogP contribution is -1.84. The summed E-state index contributed by atoms with van der Waals surface area (Å²) in [6.07, 6.45) is 12.8. The zero-order valence-corrected chi connectivity index (χ0v) is 7.01. The van der Waals surface area contributed by atoms with E-state index in [4.69, 9.17) is 0 Å². The first-order chi connectivity index (χ1) is 5.30. The summed E-state index contributed by atoms with van der Waals surface area (Å²) in [5.74, 6) is 0. The summed E-state index contributed by atoms with van der Waals surface area (Å²) in [6, 6.07) is 0. The lowest BCUT2D eigenvalue weighted by Gasteiger charge is -2.04. The molecule has 0 saturated heterocycles. The van der Waals surface area contributed by atoms with Crippen molar-refractivity contribution in [1.82, 2.24) is 0 Å². The third-order valence-electron chi connectivity index (χ3n) is 1.78. The van der Waals surface area contributed by atoms with E-state index in [2.05, 4.69) is 43.9 Å². The van der Waals surface area contributed by atoms with Crippen molar-refractivity contribution in [2.24, 2.45) is 0 Å². The van der Waals surface area contributed by atoms with Crippen molar-refractivity contribution in [2.75, 3.05) is 0 Å². The molecule has 58 valence electrons. The molecule has 0 aromatic rings. The standard InChI is InChI=1S/C11H14/c1-10(2)11-8-6-4-3-5-7-9-11/h3-6,8H,1,7,9H2,2H3. The van der Waals surface area contributed by atoms with Crippen molar-refractivity contribution in [1.29, 1.82) is 0 Å². The molecule has 0 bridgehead atoms. The summed E-state index contributed by atoms with van der Waals surface area (Å²) < 4.78 is 0. The van der Waals surface area contributed by atoms with Gasteiger partial charge in [0.15, 0.2) is 0 Å². The maximum absolute atomic E-state index is 3.92. The minimum Gasteiger partial charge on any atom is -0.0958 e. The van der Waals surface area contributed by atoms with E-state index in [1.165, 1.54) is 11.1 Å². The summed E-state index contributed by atoms with van der Waals surface area (Å²) in [5, 5.41) is 0. The topological polar surface area (TPSA) is 0 Å². The molecule has 1 aliphatic carbocycles. The molecule has 0 aromatic carbocycles. The molecular weight excluding hydrogens is 132 g/mol. The van der Waals surface area contributed by atoms with Crippen LogP contribution in [0.15, 0.2) is 48.1 Å². The van der Waals surface area contributed by atoms with Crippen LogP contribution in [0, 0.1) is 0 Å². The zero-order valence-electron chi connectivity index (χ0n) is 7.01. The molecule has 0 atom stereocenters. The van der Waals surface area contributed by atoms with E-state index in [0.717, 1.165) is 12.8 Å². The van der Waals surface area contributed by atoms with Crippen molar-refractivity contribution in [3.63, 3.8) is 0 Å². The zero-order chi connectivity index (χ0) is 8.10. The maximum atomic E-state index is 3.92. The van der Waals surface area contributed by atoms with Gasteiger partial charge in [0.2, 0.25) is 0 Å². The highest BCUT2D eigenvalue weighted by atomic mass is 14.0. The molecule has 0 amide bonds. The van der Waals surface area contributed by atoms with E-state index in [1.54, 1.807) is 0 Å². The highest BCUT2D eigenvalue weighted by Gasteiger charge is 1.95. The van der Waals surface area contributed by atoms with Gasteiger partial charge in [0.1, 0.15) is 0 Å². The average Bonchev–Trinajstić information content (AvgIpc) is 1.84. The maximum Gasteiger partial charge on any atom is -0.0242 e. The first kappa shape index (κ1) is 8.06. The van der Waals surface area contributed by atoms with Crippen LogP contribution in [0.1, 0.15) is 19.8 Å². The molecule has 0 nitrogen and oxygen atoms in total. The molecule has 1 aliphatic rings. The SMILES string of the molecule is C=C(C)C1=CC=CC=CCC1. The Labute approximate surface area is 68.6 Å². The van der Waals surface area contributed by atoms with Crippen LogP contribution in [0.3, 0.4) is 0 Å². The first-order valence-corrected chi connectivity index (χ1v) is 3.99. The van der Waals surface area contributed by atoms with Gasteiger partial charge in [-0.25, -0.2) is 0 Å². The third-order valence-corrected chi connectivity index (χ3v) is 1.78. The van der Waals surface area contributed by atoms with Crippen molar-refractivity contribution in [2.45, 2.75) is 19.8 Å². The van der Waals surface area contributed by atoms with E-state index < -0.39 is 0 Å². The second-order valence-corrected chi connectivity index (χ2v) is 2.82. The van der Waals surface area contributed by atoms with Gasteiger partial charge < -0.3 is 0 Å². The fourth-order valence-electron chi connectivity index (χ4n) is 1.09. The molecule has 0 fully saturated rings. The molecule has 0 N–H and O–H groups in total. The van der Waals surface area contributed by atoms with Gasteiger partial charge in [-0.15, -0.1) is 0 Å². The summed E-state index contributed by atoms with van der Waals surface area (Å²) >= 11 is 0. The Balaban J connectivity index is 2.73. The van der Waals surface area contributed by atoms with Gasteiger partial charge in [-0.05, 0) is 25.3 Å². The number of hydrogen-bond donors (Lipinski definition) is 0. The normalized spacial score (nSPS) is 17.0. The average molecular weight is 146 g/mol. The highest BCUT2D eigenvalue weighted by Crippen LogP contribution is 2.15. The second-order valence-electron chi connectivity index (χ2n) is 2.82. The van der Waals surface area contributed by atoms with Gasteiger partial charge in [-0.3, -0.25) is 0 Å². The monoisotopic (exact) mass is 146 g/mol. The van der Waals surface area contributed by atoms with Crippen LogP contribution in [0.25, 0.3) is 0 Å². The highest BCUT2D eigenvalue weighted by molar-refractivity contribution is 5.32. The Morgan fingerprint density at radius 1 is 1.36 bits per heavy atom. The molecule has 0 aliphatic heterocycles. The summed E-state index contributed by atoms with van der Waals surface area (Å²) in [4.78, 5) is 0. The second kappa shape index (κ2) is 3.97. The third kappa shape index (κ3) is 2.58. The van der Waals surface area contributed by atoms with Crippen LogP contribution in [0.2, 0.25) is 0 Å². The van der Waals surface area contributed by atoms with E-state index in [0.29, 0.717) is 0 Å². The minimum atomic E-state index is 1.12. The Morgan fingerprint density at radius 2 is 2.18 bits per heavy atom. The number of hydrogen-bond acceptors (Lipinski definition) is 0. The summed E-state index contributed by atoms with van der Waals surface area (Å²) in [7, 11) is 0. The van der Waals surface area contributed by atoms with Gasteiger partial charge in [-0.1, -0.05) is 42.5 Å². The Bertz CT molecular complexity index is 226. The molecule has 0 aromatic heterocycles. The molecule has 0 spiro atoms. The van der Waals surface area contributed by atoms with E-state index in [9.17, 15) is 0 Å². The van der Waals surface area contributed by atoms with Gasteiger partial charge in [0.05, 0.1) is 0 Å². The fraction of sp³-hybridized carbons (Fsp3) is 0.273. The Morgan fingerprint density at radius 3 is 2.91 bits per heavy atom. The molecule has 0 unspecified atom stereocenters. The van der Waals surface area contributed by atoms with Gasteiger partial charge in [0, 0.05) is 0 Å². The van der Waals surface area contributed by atoms with Gasteiger partial charge in [-0.2, -0.15) is 0 Å². The van der Waals surface area contributed by atoms with Gasteiger partial charge >= 0.3 is 0 Å². The van der Waals surface area contributed by atoms with Crippen molar-refractivity contribution in [3.05, 3.63) is 48.1 Å². The van der Waals surface area contributed by atoms with Crippen molar-refractivity contribution in [3.8, 4) is 0 Å². The molecule has 11 heavy (non-hydrogen) atoms.